The van der Waals surface area contributed by atoms with E-state index in [0.29, 0.717) is 41.7 Å². The Bertz CT molecular complexity index is 2280. The van der Waals surface area contributed by atoms with Crippen molar-refractivity contribution in [1.29, 1.82) is 5.26 Å². The van der Waals surface area contributed by atoms with Crippen LogP contribution in [0.4, 0.5) is 10.6 Å². The molecule has 9 rings (SSSR count). The number of pyridine rings is 1. The van der Waals surface area contributed by atoms with Crippen LogP contribution in [0.15, 0.2) is 42.6 Å². The lowest BCUT2D eigenvalue weighted by molar-refractivity contribution is 0.0697. The van der Waals surface area contributed by atoms with E-state index in [1.54, 1.807) is 26.5 Å². The highest BCUT2D eigenvalue weighted by molar-refractivity contribution is 6.00. The van der Waals surface area contributed by atoms with Gasteiger partial charge in [-0.05, 0) is 67.9 Å². The van der Waals surface area contributed by atoms with Gasteiger partial charge in [0.25, 0.3) is 5.91 Å². The van der Waals surface area contributed by atoms with E-state index in [1.165, 1.54) is 0 Å². The highest BCUT2D eigenvalue weighted by atomic mass is 16.5. The maximum atomic E-state index is 14.2. The molecular weight excluding hydrogens is 664 g/mol. The minimum Gasteiger partial charge on any atom is -0.494 e. The van der Waals surface area contributed by atoms with Crippen molar-refractivity contribution >= 4 is 39.9 Å². The van der Waals surface area contributed by atoms with Crippen LogP contribution in [0.1, 0.15) is 41.9 Å². The molecule has 4 aromatic heterocycles. The van der Waals surface area contributed by atoms with Crippen molar-refractivity contribution in [3.05, 3.63) is 54.0 Å². The molecule has 6 heterocycles. The summed E-state index contributed by atoms with van der Waals surface area (Å²) in [5, 5.41) is 22.4. The van der Waals surface area contributed by atoms with E-state index in [2.05, 4.69) is 35.4 Å². The summed E-state index contributed by atoms with van der Waals surface area (Å²) in [6.07, 6.45) is 4.51. The van der Waals surface area contributed by atoms with Crippen molar-refractivity contribution in [3.8, 4) is 29.2 Å². The molecule has 3 atom stereocenters. The molecule has 2 aliphatic carbocycles. The Morgan fingerprint density at radius 3 is 2.54 bits per heavy atom. The van der Waals surface area contributed by atoms with E-state index in [1.807, 2.05) is 35.2 Å². The molecule has 52 heavy (non-hydrogen) atoms. The van der Waals surface area contributed by atoms with E-state index in [0.717, 1.165) is 79.2 Å². The number of anilines is 1. The van der Waals surface area contributed by atoms with E-state index in [-0.39, 0.29) is 35.7 Å². The Kier molecular flexibility index (Phi) is 7.63. The molecule has 15 heteroatoms. The van der Waals surface area contributed by atoms with E-state index >= 15 is 0 Å². The summed E-state index contributed by atoms with van der Waals surface area (Å²) in [6, 6.07) is 13.0. The van der Waals surface area contributed by atoms with Gasteiger partial charge in [-0.15, -0.1) is 0 Å². The van der Waals surface area contributed by atoms with Gasteiger partial charge in [0, 0.05) is 61.9 Å². The maximum absolute atomic E-state index is 14.2. The van der Waals surface area contributed by atoms with Crippen LogP contribution >= 0.6 is 0 Å². The fourth-order valence-corrected chi connectivity index (χ4v) is 8.50. The molecule has 4 fully saturated rings. The van der Waals surface area contributed by atoms with Gasteiger partial charge in [-0.25, -0.2) is 19.7 Å². The second kappa shape index (κ2) is 12.4. The number of aromatic nitrogens is 6. The number of carboxylic acid groups (broad SMARTS) is 1. The van der Waals surface area contributed by atoms with Gasteiger partial charge in [-0.1, -0.05) is 0 Å². The lowest BCUT2D eigenvalue weighted by Gasteiger charge is -2.40. The number of imidazole rings is 1. The molecule has 2 saturated heterocycles. The van der Waals surface area contributed by atoms with Crippen LogP contribution in [0.2, 0.25) is 0 Å². The van der Waals surface area contributed by atoms with Gasteiger partial charge in [0.1, 0.15) is 28.8 Å². The third-order valence-electron chi connectivity index (χ3n) is 11.2. The standard InChI is InChI=1S/C37H38N10O5/c1-51-28-13-24(36(48)46-19-23-5-7-26(46)32(23)43-37(49)50)11-25-33(28)47(18-21-15-44(16-21)30-9-10-39-29(14-38)41-30)35(40-25)27-12-22-6-8-31(52-2)42-34(22)45(27)17-20-3-4-20/h6,8-13,20-21,23,26,32,43H,3-5,7,15-19H2,1-2H3,(H,49,50)/t23-,26-,32-/m1/s1. The summed E-state index contributed by atoms with van der Waals surface area (Å²) in [6.45, 7) is 3.40. The summed E-state index contributed by atoms with van der Waals surface area (Å²) < 4.78 is 16.0. The second-order valence-electron chi connectivity index (χ2n) is 14.4. The normalized spacial score (nSPS) is 21.1. The maximum Gasteiger partial charge on any atom is 0.404 e. The molecule has 4 aliphatic rings. The number of fused-ring (bicyclic) bond motifs is 4. The van der Waals surface area contributed by atoms with Gasteiger partial charge in [-0.2, -0.15) is 10.2 Å². The number of methoxy groups -OCH3 is 2. The molecule has 0 radical (unpaired) electrons. The fourth-order valence-electron chi connectivity index (χ4n) is 8.50. The summed E-state index contributed by atoms with van der Waals surface area (Å²) in [7, 11) is 3.23. The number of rotatable bonds is 10. The summed E-state index contributed by atoms with van der Waals surface area (Å²) >= 11 is 0. The largest absolute Gasteiger partial charge is 0.494 e. The number of ether oxygens (including phenoxy) is 2. The van der Waals surface area contributed by atoms with Crippen molar-refractivity contribution in [2.75, 3.05) is 38.8 Å². The molecule has 2 saturated carbocycles. The topological polar surface area (TPSA) is 177 Å². The first-order valence-corrected chi connectivity index (χ1v) is 17.7. The Morgan fingerprint density at radius 1 is 0.962 bits per heavy atom. The minimum atomic E-state index is -1.07. The number of nitriles is 1. The number of nitrogens with one attached hydrogen (secondary N) is 1. The van der Waals surface area contributed by atoms with Crippen molar-refractivity contribution in [2.45, 2.75) is 50.9 Å². The zero-order valence-electron chi connectivity index (χ0n) is 28.9. The van der Waals surface area contributed by atoms with Crippen LogP contribution in [-0.2, 0) is 13.1 Å². The van der Waals surface area contributed by atoms with Crippen LogP contribution in [0.25, 0.3) is 33.6 Å². The highest BCUT2D eigenvalue weighted by Gasteiger charge is 2.49. The lowest BCUT2D eigenvalue weighted by Crippen LogP contribution is -2.49. The predicted molar refractivity (Wildman–Crippen MR) is 189 cm³/mol. The van der Waals surface area contributed by atoms with Crippen LogP contribution < -0.4 is 19.7 Å². The minimum absolute atomic E-state index is 0.0954. The predicted octanol–water partition coefficient (Wildman–Crippen LogP) is 4.15. The van der Waals surface area contributed by atoms with Crippen molar-refractivity contribution < 1.29 is 24.2 Å². The first-order valence-electron chi connectivity index (χ1n) is 17.7. The smallest absolute Gasteiger partial charge is 0.404 e. The average Bonchev–Trinajstić information content (AvgIpc) is 3.46. The molecule has 15 nitrogen and oxygen atoms in total. The van der Waals surface area contributed by atoms with Gasteiger partial charge < -0.3 is 38.8 Å². The quantitative estimate of drug-likeness (QED) is 0.214. The Labute approximate surface area is 298 Å². The second-order valence-corrected chi connectivity index (χ2v) is 14.4. The monoisotopic (exact) mass is 702 g/mol. The molecule has 266 valence electrons. The van der Waals surface area contributed by atoms with Crippen LogP contribution in [0, 0.1) is 29.1 Å². The Hall–Kier alpha value is -5.91. The first kappa shape index (κ1) is 32.0. The summed E-state index contributed by atoms with van der Waals surface area (Å²) in [5.41, 5.74) is 3.66. The van der Waals surface area contributed by atoms with Gasteiger partial charge >= 0.3 is 6.09 Å². The zero-order chi connectivity index (χ0) is 35.7. The number of hydrogen-bond donors (Lipinski definition) is 2. The number of likely N-dealkylation sites (tertiary alicyclic amines) is 1. The van der Waals surface area contributed by atoms with Crippen molar-refractivity contribution in [1.82, 2.24) is 39.3 Å². The number of nitrogens with zero attached hydrogens (tertiary/aromatic N) is 9. The molecule has 2 bridgehead atoms. The van der Waals surface area contributed by atoms with Crippen LogP contribution in [-0.4, -0.2) is 97.0 Å². The average molecular weight is 703 g/mol. The van der Waals surface area contributed by atoms with Gasteiger partial charge in [-0.3, -0.25) is 4.79 Å². The lowest BCUT2D eigenvalue weighted by atomic mass is 9.99. The Balaban J connectivity index is 1.13. The molecular formula is C37H38N10O5. The van der Waals surface area contributed by atoms with Crippen LogP contribution in [0.5, 0.6) is 11.6 Å². The molecule has 2 amide bonds. The SMILES string of the molecule is COc1ccc2cc(-c3nc4cc(C(=O)N5C[C@H]6CC[C@@H]5[C@@H]6NC(=O)O)cc(OC)c4n3CC3CN(c4ccnc(C#N)n4)C3)n(CC3CC3)c2n1. The molecule has 5 aromatic rings. The summed E-state index contributed by atoms with van der Waals surface area (Å²) in [5.74, 6) is 3.44. The molecule has 1 aromatic carbocycles. The van der Waals surface area contributed by atoms with Crippen LogP contribution in [0.3, 0.4) is 0 Å². The highest BCUT2D eigenvalue weighted by Crippen LogP contribution is 2.42. The number of amides is 2. The van der Waals surface area contributed by atoms with E-state index < -0.39 is 6.09 Å². The first-order chi connectivity index (χ1) is 25.3. The third kappa shape index (κ3) is 5.40. The van der Waals surface area contributed by atoms with E-state index in [9.17, 15) is 20.0 Å². The van der Waals surface area contributed by atoms with Crippen molar-refractivity contribution in [3.63, 3.8) is 0 Å². The van der Waals surface area contributed by atoms with Crippen molar-refractivity contribution in [2.24, 2.45) is 17.8 Å². The zero-order valence-corrected chi connectivity index (χ0v) is 28.9. The molecule has 0 spiro atoms. The van der Waals surface area contributed by atoms with Gasteiger partial charge in [0.05, 0.1) is 37.5 Å². The van der Waals surface area contributed by atoms with Gasteiger partial charge in [0.15, 0.2) is 5.82 Å². The molecule has 2 aliphatic heterocycles. The molecule has 0 unspecified atom stereocenters. The van der Waals surface area contributed by atoms with Gasteiger partial charge in [0.2, 0.25) is 11.7 Å². The summed E-state index contributed by atoms with van der Waals surface area (Å²) in [4.78, 5) is 48.2. The third-order valence-corrected chi connectivity index (χ3v) is 11.2. The number of benzene rings is 1. The Morgan fingerprint density at radius 2 is 1.79 bits per heavy atom. The fraction of sp³-hybridized carbons (Fsp3) is 0.432. The number of piperidine rings is 1. The number of carbonyl (C=O) groups is 2. The number of hydrogen-bond acceptors (Lipinski definition) is 10. The molecule has 2 N–H and O–H groups in total. The number of carbonyl (C=O) groups excluding carboxylic acids is 1. The van der Waals surface area contributed by atoms with E-state index in [4.69, 9.17) is 19.4 Å².